The minimum Gasteiger partial charge on any atom is -0.384 e. The third-order valence-electron chi connectivity index (χ3n) is 6.37. The van der Waals surface area contributed by atoms with Gasteiger partial charge in [-0.2, -0.15) is 0 Å². The van der Waals surface area contributed by atoms with E-state index >= 15 is 0 Å². The van der Waals surface area contributed by atoms with Crippen molar-refractivity contribution < 1.29 is 4.74 Å². The Morgan fingerprint density at radius 2 is 1.90 bits per heavy atom. The Kier molecular flexibility index (Phi) is 10.7. The first-order chi connectivity index (χ1) is 13.7. The summed E-state index contributed by atoms with van der Waals surface area (Å²) in [4.78, 5) is 9.44. The number of halogens is 1. The van der Waals surface area contributed by atoms with Crippen LogP contribution in [0, 0.1) is 5.92 Å². The highest BCUT2D eigenvalue weighted by molar-refractivity contribution is 14.0. The summed E-state index contributed by atoms with van der Waals surface area (Å²) in [6.07, 6.45) is 8.05. The smallest absolute Gasteiger partial charge is 0.193 e. The monoisotopic (exact) mass is 514 g/mol. The maximum absolute atomic E-state index is 5.33. The van der Waals surface area contributed by atoms with Crippen LogP contribution in [0.25, 0.3) is 0 Å². The van der Waals surface area contributed by atoms with Gasteiger partial charge in [-0.25, -0.2) is 0 Å². The van der Waals surface area contributed by atoms with E-state index in [0.717, 1.165) is 44.8 Å². The van der Waals surface area contributed by atoms with Gasteiger partial charge >= 0.3 is 0 Å². The lowest BCUT2D eigenvalue weighted by Gasteiger charge is -2.31. The normalized spacial score (nSPS) is 20.8. The number of hydrogen-bond acceptors (Lipinski definition) is 3. The second kappa shape index (κ2) is 12.7. The summed E-state index contributed by atoms with van der Waals surface area (Å²) in [5, 5.41) is 3.60. The maximum atomic E-state index is 5.33. The van der Waals surface area contributed by atoms with E-state index < -0.39 is 0 Å². The minimum absolute atomic E-state index is 0. The van der Waals surface area contributed by atoms with Crippen molar-refractivity contribution in [3.05, 3.63) is 35.4 Å². The van der Waals surface area contributed by atoms with E-state index in [2.05, 4.69) is 51.4 Å². The van der Waals surface area contributed by atoms with Crippen molar-refractivity contribution in [2.75, 3.05) is 40.9 Å². The number of nitrogens with one attached hydrogen (secondary N) is 1. The van der Waals surface area contributed by atoms with Gasteiger partial charge in [0.05, 0.1) is 6.61 Å². The van der Waals surface area contributed by atoms with E-state index in [1.165, 1.54) is 49.7 Å². The molecule has 0 radical (unpaired) electrons. The van der Waals surface area contributed by atoms with E-state index in [1.54, 1.807) is 7.11 Å². The summed E-state index contributed by atoms with van der Waals surface area (Å²) in [5.74, 6) is 1.62. The molecule has 164 valence electrons. The quantitative estimate of drug-likeness (QED) is 0.338. The highest BCUT2D eigenvalue weighted by atomic mass is 127. The molecule has 3 rings (SSSR count). The molecule has 1 aromatic rings. The summed E-state index contributed by atoms with van der Waals surface area (Å²) in [5.41, 5.74) is 2.80. The van der Waals surface area contributed by atoms with Crippen LogP contribution in [0.4, 0.5) is 0 Å². The lowest BCUT2D eigenvalue weighted by atomic mass is 9.94. The van der Waals surface area contributed by atoms with Gasteiger partial charge in [0.2, 0.25) is 0 Å². The molecule has 0 bridgehead atoms. The Hall–Kier alpha value is -0.860. The number of guanidine groups is 1. The molecule has 1 aliphatic heterocycles. The molecule has 6 heteroatoms. The first-order valence-electron chi connectivity index (χ1n) is 10.9. The molecule has 5 nitrogen and oxygen atoms in total. The van der Waals surface area contributed by atoms with Gasteiger partial charge in [0.25, 0.3) is 0 Å². The van der Waals surface area contributed by atoms with Crippen molar-refractivity contribution >= 4 is 29.9 Å². The molecular formula is C23H39IN4O. The van der Waals surface area contributed by atoms with Crippen molar-refractivity contribution in [3.63, 3.8) is 0 Å². The summed E-state index contributed by atoms with van der Waals surface area (Å²) in [6, 6.07) is 9.59. The van der Waals surface area contributed by atoms with E-state index in [4.69, 9.17) is 4.74 Å². The number of rotatable bonds is 7. The van der Waals surface area contributed by atoms with Gasteiger partial charge in [-0.05, 0) is 37.4 Å². The fourth-order valence-corrected chi connectivity index (χ4v) is 4.71. The third kappa shape index (κ3) is 7.10. The van der Waals surface area contributed by atoms with Crippen molar-refractivity contribution in [1.29, 1.82) is 0 Å². The fraction of sp³-hybridized carbons (Fsp3) is 0.696. The Labute approximate surface area is 194 Å². The van der Waals surface area contributed by atoms with Crippen LogP contribution < -0.4 is 5.32 Å². The van der Waals surface area contributed by atoms with Gasteiger partial charge in [0, 0.05) is 52.3 Å². The van der Waals surface area contributed by atoms with Gasteiger partial charge in [-0.1, -0.05) is 43.5 Å². The molecular weight excluding hydrogens is 475 g/mol. The molecule has 2 fully saturated rings. The molecule has 1 aliphatic carbocycles. The standard InChI is InChI=1S/C23H38N4O.HI/c1-24-23(27-14-13-19(16-27)18-28-3)25-15-20-9-7-8-10-21(20)17-26(2)22-11-5-4-6-12-22;/h7-10,19,22H,4-6,11-18H2,1-3H3,(H,24,25);1H. The number of ether oxygens (including phenoxy) is 1. The van der Waals surface area contributed by atoms with Crippen molar-refractivity contribution in [2.45, 2.75) is 57.7 Å². The van der Waals surface area contributed by atoms with Gasteiger partial charge in [-0.3, -0.25) is 9.89 Å². The molecule has 1 saturated heterocycles. The Morgan fingerprint density at radius 1 is 1.17 bits per heavy atom. The van der Waals surface area contributed by atoms with Crippen molar-refractivity contribution in [2.24, 2.45) is 10.9 Å². The highest BCUT2D eigenvalue weighted by Crippen LogP contribution is 2.23. The largest absolute Gasteiger partial charge is 0.384 e. The van der Waals surface area contributed by atoms with Crippen LogP contribution in [-0.4, -0.2) is 62.7 Å². The topological polar surface area (TPSA) is 40.1 Å². The van der Waals surface area contributed by atoms with Crippen LogP contribution in [-0.2, 0) is 17.8 Å². The summed E-state index contributed by atoms with van der Waals surface area (Å²) in [7, 11) is 5.96. The van der Waals surface area contributed by atoms with Gasteiger partial charge in [-0.15, -0.1) is 24.0 Å². The zero-order valence-corrected chi connectivity index (χ0v) is 20.7. The molecule has 1 saturated carbocycles. The molecule has 2 aliphatic rings. The number of aliphatic imine (C=N–C) groups is 1. The van der Waals surface area contributed by atoms with Crippen LogP contribution in [0.15, 0.2) is 29.3 Å². The van der Waals surface area contributed by atoms with E-state index in [-0.39, 0.29) is 24.0 Å². The van der Waals surface area contributed by atoms with Gasteiger partial charge in [0.15, 0.2) is 5.96 Å². The Balaban J connectivity index is 0.00000300. The maximum Gasteiger partial charge on any atom is 0.193 e. The third-order valence-corrected chi connectivity index (χ3v) is 6.37. The Bertz CT molecular complexity index is 633. The minimum atomic E-state index is 0. The van der Waals surface area contributed by atoms with Crippen LogP contribution >= 0.6 is 24.0 Å². The predicted octanol–water partition coefficient (Wildman–Crippen LogP) is 4.11. The van der Waals surface area contributed by atoms with Crippen LogP contribution in [0.5, 0.6) is 0 Å². The molecule has 0 spiro atoms. The Morgan fingerprint density at radius 3 is 2.59 bits per heavy atom. The molecule has 0 amide bonds. The predicted molar refractivity (Wildman–Crippen MR) is 132 cm³/mol. The molecule has 1 N–H and O–H groups in total. The second-order valence-electron chi connectivity index (χ2n) is 8.43. The number of likely N-dealkylation sites (tertiary alicyclic amines) is 1. The molecule has 0 aromatic heterocycles. The van der Waals surface area contributed by atoms with Gasteiger partial charge < -0.3 is 15.0 Å². The molecule has 29 heavy (non-hydrogen) atoms. The molecule has 1 heterocycles. The fourth-order valence-electron chi connectivity index (χ4n) is 4.71. The lowest BCUT2D eigenvalue weighted by Crippen LogP contribution is -2.40. The average Bonchev–Trinajstić information content (AvgIpc) is 3.19. The first kappa shape index (κ1) is 24.4. The zero-order chi connectivity index (χ0) is 19.8. The zero-order valence-electron chi connectivity index (χ0n) is 18.4. The summed E-state index contributed by atoms with van der Waals surface area (Å²) in [6.45, 7) is 4.77. The average molecular weight is 514 g/mol. The van der Waals surface area contributed by atoms with Crippen molar-refractivity contribution in [1.82, 2.24) is 15.1 Å². The summed E-state index contributed by atoms with van der Waals surface area (Å²) < 4.78 is 5.33. The van der Waals surface area contributed by atoms with E-state index in [9.17, 15) is 0 Å². The van der Waals surface area contributed by atoms with Gasteiger partial charge in [0.1, 0.15) is 0 Å². The first-order valence-corrected chi connectivity index (χ1v) is 10.9. The van der Waals surface area contributed by atoms with Crippen LogP contribution in [0.1, 0.15) is 49.7 Å². The van der Waals surface area contributed by atoms with Crippen LogP contribution in [0.2, 0.25) is 0 Å². The lowest BCUT2D eigenvalue weighted by molar-refractivity contribution is 0.157. The second-order valence-corrected chi connectivity index (χ2v) is 8.43. The summed E-state index contributed by atoms with van der Waals surface area (Å²) >= 11 is 0. The van der Waals surface area contributed by atoms with Crippen LogP contribution in [0.3, 0.4) is 0 Å². The van der Waals surface area contributed by atoms with E-state index in [0.29, 0.717) is 5.92 Å². The highest BCUT2D eigenvalue weighted by Gasteiger charge is 2.25. The number of nitrogens with zero attached hydrogens (tertiary/aromatic N) is 3. The molecule has 1 atom stereocenters. The SMILES string of the molecule is CN=C(NCc1ccccc1CN(C)C1CCCCC1)N1CCC(COC)C1.I. The van der Waals surface area contributed by atoms with E-state index in [1.807, 2.05) is 7.05 Å². The van der Waals surface area contributed by atoms with Crippen molar-refractivity contribution in [3.8, 4) is 0 Å². The molecule has 1 aromatic carbocycles. The number of benzene rings is 1. The number of hydrogen-bond donors (Lipinski definition) is 1. The molecule has 1 unspecified atom stereocenters. The number of methoxy groups -OCH3 is 1.